The summed E-state index contributed by atoms with van der Waals surface area (Å²) in [5.41, 5.74) is 6.53. The van der Waals surface area contributed by atoms with E-state index in [1.165, 1.54) is 11.3 Å². The van der Waals surface area contributed by atoms with Crippen molar-refractivity contribution < 1.29 is 14.0 Å². The molecular formula is C19H30BN3O3. The highest BCUT2D eigenvalue weighted by molar-refractivity contribution is 6.62. The van der Waals surface area contributed by atoms with E-state index in [0.29, 0.717) is 0 Å². The molecule has 0 aliphatic carbocycles. The molecule has 0 atom stereocenters. The fourth-order valence-electron chi connectivity index (χ4n) is 3.64. The Hall–Kier alpha value is -1.12. The number of morpholine rings is 1. The lowest BCUT2D eigenvalue weighted by Crippen LogP contribution is -2.44. The first-order chi connectivity index (χ1) is 12.4. The van der Waals surface area contributed by atoms with Crippen LogP contribution in [0, 0.1) is 0 Å². The van der Waals surface area contributed by atoms with E-state index in [-0.39, 0.29) is 18.3 Å². The molecule has 3 aliphatic rings. The molecule has 3 heterocycles. The molecule has 26 heavy (non-hydrogen) atoms. The van der Waals surface area contributed by atoms with Gasteiger partial charge in [0.15, 0.2) is 0 Å². The lowest BCUT2D eigenvalue weighted by molar-refractivity contribution is 0.00578. The molecule has 0 aromatic heterocycles. The Morgan fingerprint density at radius 1 is 1.04 bits per heavy atom. The van der Waals surface area contributed by atoms with Gasteiger partial charge in [-0.1, -0.05) is 12.1 Å². The molecule has 1 N–H and O–H groups in total. The average molecular weight is 359 g/mol. The first-order valence-electron chi connectivity index (χ1n) is 9.65. The molecular weight excluding hydrogens is 329 g/mol. The molecule has 7 heteroatoms. The maximum Gasteiger partial charge on any atom is 0.494 e. The Morgan fingerprint density at radius 2 is 1.73 bits per heavy atom. The maximum atomic E-state index is 6.22. The van der Waals surface area contributed by atoms with E-state index in [9.17, 15) is 0 Å². The second kappa shape index (κ2) is 6.80. The van der Waals surface area contributed by atoms with Crippen LogP contribution in [0.25, 0.3) is 0 Å². The van der Waals surface area contributed by atoms with Gasteiger partial charge in [0.2, 0.25) is 0 Å². The summed E-state index contributed by atoms with van der Waals surface area (Å²) >= 11 is 0. The van der Waals surface area contributed by atoms with Crippen LogP contribution in [0.3, 0.4) is 0 Å². The monoisotopic (exact) mass is 359 g/mol. The van der Waals surface area contributed by atoms with Crippen LogP contribution in [-0.4, -0.2) is 62.6 Å². The van der Waals surface area contributed by atoms with Crippen molar-refractivity contribution in [2.24, 2.45) is 0 Å². The van der Waals surface area contributed by atoms with Gasteiger partial charge in [0.1, 0.15) is 0 Å². The van der Waals surface area contributed by atoms with Crippen molar-refractivity contribution in [2.45, 2.75) is 45.4 Å². The molecule has 0 amide bonds. The summed E-state index contributed by atoms with van der Waals surface area (Å²) in [7, 11) is -0.313. The predicted octanol–water partition coefficient (Wildman–Crippen LogP) is 1.14. The summed E-state index contributed by atoms with van der Waals surface area (Å²) in [5.74, 6) is 0. The minimum Gasteiger partial charge on any atom is -0.399 e. The van der Waals surface area contributed by atoms with Gasteiger partial charge in [0, 0.05) is 32.7 Å². The molecule has 6 nitrogen and oxygen atoms in total. The maximum absolute atomic E-state index is 6.22. The van der Waals surface area contributed by atoms with Crippen LogP contribution in [0.4, 0.5) is 5.69 Å². The van der Waals surface area contributed by atoms with Gasteiger partial charge >= 0.3 is 7.12 Å². The van der Waals surface area contributed by atoms with Crippen LogP contribution in [0.15, 0.2) is 18.2 Å². The molecule has 0 radical (unpaired) electrons. The highest BCUT2D eigenvalue weighted by Crippen LogP contribution is 2.37. The molecule has 4 rings (SSSR count). The van der Waals surface area contributed by atoms with Crippen molar-refractivity contribution in [3.63, 3.8) is 0 Å². The standard InChI is InChI=1S/C19H30BN3O3/c1-18(2)19(3,4)26-20(25-18)16-6-5-15-14-21-23(17(15)13-16)8-7-22-9-11-24-12-10-22/h5-6,13,21H,7-12,14H2,1-4H3. The second-order valence-corrected chi connectivity index (χ2v) is 8.42. The fraction of sp³-hybridized carbons (Fsp3) is 0.684. The number of hydrazine groups is 1. The number of ether oxygens (including phenoxy) is 1. The van der Waals surface area contributed by atoms with Crippen molar-refractivity contribution in [2.75, 3.05) is 44.4 Å². The minimum absolute atomic E-state index is 0.313. The van der Waals surface area contributed by atoms with Crippen molar-refractivity contribution in [1.29, 1.82) is 0 Å². The SMILES string of the molecule is CC1(C)OB(c2ccc3c(c2)N(CCN2CCOCC2)NC3)OC1(C)C. The number of hydrogen-bond donors (Lipinski definition) is 1. The molecule has 0 spiro atoms. The van der Waals surface area contributed by atoms with E-state index in [0.717, 1.165) is 51.4 Å². The zero-order valence-corrected chi connectivity index (χ0v) is 16.4. The third-order valence-electron chi connectivity index (χ3n) is 6.13. The molecule has 1 aromatic carbocycles. The van der Waals surface area contributed by atoms with Gasteiger partial charge in [0.05, 0.1) is 30.1 Å². The first kappa shape index (κ1) is 18.3. The molecule has 2 saturated heterocycles. The zero-order valence-electron chi connectivity index (χ0n) is 16.4. The van der Waals surface area contributed by atoms with Crippen molar-refractivity contribution >= 4 is 18.3 Å². The molecule has 3 aliphatic heterocycles. The number of rotatable bonds is 4. The number of hydrogen-bond acceptors (Lipinski definition) is 6. The van der Waals surface area contributed by atoms with Gasteiger partial charge in [0.25, 0.3) is 0 Å². The summed E-state index contributed by atoms with van der Waals surface area (Å²) in [6.07, 6.45) is 0. The Morgan fingerprint density at radius 3 is 2.42 bits per heavy atom. The molecule has 1 aromatic rings. The number of nitrogens with zero attached hydrogens (tertiary/aromatic N) is 2. The normalized spacial score (nSPS) is 24.9. The van der Waals surface area contributed by atoms with E-state index in [2.05, 4.69) is 61.2 Å². The van der Waals surface area contributed by atoms with Crippen molar-refractivity contribution in [3.8, 4) is 0 Å². The third-order valence-corrected chi connectivity index (χ3v) is 6.13. The summed E-state index contributed by atoms with van der Waals surface area (Å²) < 4.78 is 17.9. The third kappa shape index (κ3) is 3.39. The zero-order chi connectivity index (χ0) is 18.4. The summed E-state index contributed by atoms with van der Waals surface area (Å²) in [4.78, 5) is 2.46. The molecule has 142 valence electrons. The van der Waals surface area contributed by atoms with Crippen LogP contribution in [0.1, 0.15) is 33.3 Å². The number of nitrogens with one attached hydrogen (secondary N) is 1. The van der Waals surface area contributed by atoms with Gasteiger partial charge in [-0.05, 0) is 44.8 Å². The van der Waals surface area contributed by atoms with Crippen LogP contribution >= 0.6 is 0 Å². The van der Waals surface area contributed by atoms with E-state index < -0.39 is 0 Å². The van der Waals surface area contributed by atoms with Crippen LogP contribution in [0.2, 0.25) is 0 Å². The van der Waals surface area contributed by atoms with E-state index in [1.54, 1.807) is 0 Å². The fourth-order valence-corrected chi connectivity index (χ4v) is 3.64. The topological polar surface area (TPSA) is 46.2 Å². The van der Waals surface area contributed by atoms with Crippen LogP contribution in [-0.2, 0) is 20.6 Å². The van der Waals surface area contributed by atoms with E-state index >= 15 is 0 Å². The summed E-state index contributed by atoms with van der Waals surface area (Å²) in [6, 6.07) is 6.54. The molecule has 0 saturated carbocycles. The number of benzene rings is 1. The van der Waals surface area contributed by atoms with Gasteiger partial charge < -0.3 is 19.1 Å². The molecule has 2 fully saturated rings. The summed E-state index contributed by atoms with van der Waals surface area (Å²) in [5, 5.41) is 2.26. The largest absolute Gasteiger partial charge is 0.494 e. The molecule has 0 unspecified atom stereocenters. The lowest BCUT2D eigenvalue weighted by Gasteiger charge is -2.32. The van der Waals surface area contributed by atoms with E-state index in [1.807, 2.05) is 0 Å². The first-order valence-corrected chi connectivity index (χ1v) is 9.65. The second-order valence-electron chi connectivity index (χ2n) is 8.42. The van der Waals surface area contributed by atoms with Crippen LogP contribution < -0.4 is 15.9 Å². The van der Waals surface area contributed by atoms with Crippen LogP contribution in [0.5, 0.6) is 0 Å². The Bertz CT molecular complexity index is 645. The Labute approximate surface area is 156 Å². The average Bonchev–Trinajstić information content (AvgIpc) is 3.11. The van der Waals surface area contributed by atoms with Gasteiger partial charge in [-0.15, -0.1) is 0 Å². The predicted molar refractivity (Wildman–Crippen MR) is 104 cm³/mol. The molecule has 0 bridgehead atoms. The van der Waals surface area contributed by atoms with Gasteiger partial charge in [-0.2, -0.15) is 0 Å². The highest BCUT2D eigenvalue weighted by atomic mass is 16.7. The Balaban J connectivity index is 1.46. The highest BCUT2D eigenvalue weighted by Gasteiger charge is 2.51. The minimum atomic E-state index is -0.315. The lowest BCUT2D eigenvalue weighted by atomic mass is 9.78. The summed E-state index contributed by atoms with van der Waals surface area (Å²) in [6.45, 7) is 15.0. The van der Waals surface area contributed by atoms with Crippen molar-refractivity contribution in [3.05, 3.63) is 23.8 Å². The quantitative estimate of drug-likeness (QED) is 0.814. The van der Waals surface area contributed by atoms with E-state index in [4.69, 9.17) is 14.0 Å². The number of fused-ring (bicyclic) bond motifs is 1. The van der Waals surface area contributed by atoms with Crippen molar-refractivity contribution in [1.82, 2.24) is 10.3 Å². The van der Waals surface area contributed by atoms with Gasteiger partial charge in [-0.3, -0.25) is 4.90 Å². The number of anilines is 1. The van der Waals surface area contributed by atoms with Gasteiger partial charge in [-0.25, -0.2) is 5.43 Å². The Kier molecular flexibility index (Phi) is 4.78. The smallest absolute Gasteiger partial charge is 0.399 e.